The maximum atomic E-state index is 14.6. The van der Waals surface area contributed by atoms with Gasteiger partial charge in [0.2, 0.25) is 0 Å². The number of nitrogens with zero attached hydrogens (tertiary/aromatic N) is 2. The summed E-state index contributed by atoms with van der Waals surface area (Å²) < 4.78 is 5.74. The van der Waals surface area contributed by atoms with Crippen LogP contribution in [0.3, 0.4) is 0 Å². The molecule has 8 heteroatoms. The van der Waals surface area contributed by atoms with Gasteiger partial charge in [-0.1, -0.05) is 47.1 Å². The first kappa shape index (κ1) is 33.7. The van der Waals surface area contributed by atoms with E-state index >= 15 is 0 Å². The van der Waals surface area contributed by atoms with Crippen LogP contribution in [-0.4, -0.2) is 78.4 Å². The highest BCUT2D eigenvalue weighted by atomic mass is 16.5. The van der Waals surface area contributed by atoms with Gasteiger partial charge in [0, 0.05) is 32.1 Å². The number of carboxylic acids is 1. The molecule has 0 aromatic carbocycles. The smallest absolute Gasteiger partial charge is 0.309 e. The van der Waals surface area contributed by atoms with Crippen LogP contribution in [-0.2, 0) is 23.9 Å². The van der Waals surface area contributed by atoms with E-state index in [1.807, 2.05) is 20.0 Å². The van der Waals surface area contributed by atoms with Gasteiger partial charge in [-0.05, 0) is 117 Å². The van der Waals surface area contributed by atoms with Gasteiger partial charge in [-0.25, -0.2) is 0 Å². The summed E-state index contributed by atoms with van der Waals surface area (Å²) in [5, 5.41) is 10.2. The summed E-state index contributed by atoms with van der Waals surface area (Å²) >= 11 is 0. The van der Waals surface area contributed by atoms with E-state index in [2.05, 4.69) is 46.4 Å². The number of fused-ring (bicyclic) bond motifs is 7. The second-order valence-electron chi connectivity index (χ2n) is 18.3. The van der Waals surface area contributed by atoms with Gasteiger partial charge in [-0.15, -0.1) is 0 Å². The summed E-state index contributed by atoms with van der Waals surface area (Å²) in [6.45, 7) is 18.4. The molecule has 0 unspecified atom stereocenters. The fraction of sp³-hybridized carbons (Fsp3) is 0.842. The van der Waals surface area contributed by atoms with Gasteiger partial charge in [-0.3, -0.25) is 19.2 Å². The number of rotatable bonds is 4. The van der Waals surface area contributed by atoms with Gasteiger partial charge in [-0.2, -0.15) is 0 Å². The third-order valence-corrected chi connectivity index (χ3v) is 15.6. The number of likely N-dealkylation sites (N-methyl/N-ethyl adjacent to an activating group) is 1. The minimum absolute atomic E-state index is 0.0248. The van der Waals surface area contributed by atoms with Crippen molar-refractivity contribution >= 4 is 23.6 Å². The molecule has 9 atom stereocenters. The van der Waals surface area contributed by atoms with Crippen LogP contribution in [0.25, 0.3) is 0 Å². The van der Waals surface area contributed by atoms with E-state index in [1.165, 1.54) is 5.57 Å². The summed E-state index contributed by atoms with van der Waals surface area (Å²) in [5.74, 6) is -1.11. The van der Waals surface area contributed by atoms with Gasteiger partial charge < -0.3 is 19.6 Å². The number of carbonyl (C=O) groups excluding carboxylic acids is 3. The second kappa shape index (κ2) is 10.9. The van der Waals surface area contributed by atoms with E-state index in [1.54, 1.807) is 4.90 Å². The fourth-order valence-electron chi connectivity index (χ4n) is 12.2. The van der Waals surface area contributed by atoms with Gasteiger partial charge in [0.15, 0.2) is 12.4 Å². The van der Waals surface area contributed by atoms with Crippen LogP contribution < -0.4 is 0 Å². The van der Waals surface area contributed by atoms with Crippen LogP contribution in [0.15, 0.2) is 11.6 Å². The highest BCUT2D eigenvalue weighted by Gasteiger charge is 2.70. The number of hydrogen-bond donors (Lipinski definition) is 1. The highest BCUT2D eigenvalue weighted by Crippen LogP contribution is 2.75. The lowest BCUT2D eigenvalue weighted by molar-refractivity contribution is -0.200. The van der Waals surface area contributed by atoms with Gasteiger partial charge in [0.1, 0.15) is 0 Å². The number of ketones is 1. The number of piperazine rings is 1. The lowest BCUT2D eigenvalue weighted by Crippen LogP contribution is -2.66. The first-order chi connectivity index (χ1) is 21.3. The Labute approximate surface area is 276 Å². The highest BCUT2D eigenvalue weighted by molar-refractivity contribution is 5.96. The van der Waals surface area contributed by atoms with Crippen LogP contribution >= 0.6 is 0 Å². The minimum atomic E-state index is -0.764. The van der Waals surface area contributed by atoms with Crippen molar-refractivity contribution in [2.24, 2.45) is 56.2 Å². The maximum absolute atomic E-state index is 14.6. The number of ether oxygens (including phenoxy) is 1. The Balaban J connectivity index is 1.25. The molecule has 0 spiro atoms. The first-order valence-corrected chi connectivity index (χ1v) is 17.9. The van der Waals surface area contributed by atoms with Crippen LogP contribution in [0.1, 0.15) is 106 Å². The van der Waals surface area contributed by atoms with E-state index in [9.17, 15) is 24.3 Å². The van der Waals surface area contributed by atoms with Crippen molar-refractivity contribution < 1.29 is 29.0 Å². The molecule has 8 nitrogen and oxygen atoms in total. The second-order valence-corrected chi connectivity index (χ2v) is 18.3. The van der Waals surface area contributed by atoms with Gasteiger partial charge in [0.05, 0.1) is 11.3 Å². The van der Waals surface area contributed by atoms with E-state index in [4.69, 9.17) is 4.74 Å². The molecule has 6 aliphatic rings. The minimum Gasteiger partial charge on any atom is -0.481 e. The molecule has 46 heavy (non-hydrogen) atoms. The van der Waals surface area contributed by atoms with Crippen molar-refractivity contribution in [3.63, 3.8) is 0 Å². The molecule has 1 amide bonds. The zero-order valence-electron chi connectivity index (χ0n) is 29.7. The zero-order valence-corrected chi connectivity index (χ0v) is 29.7. The molecule has 5 fully saturated rings. The van der Waals surface area contributed by atoms with Crippen molar-refractivity contribution in [3.8, 4) is 0 Å². The lowest BCUT2D eigenvalue weighted by atomic mass is 9.33. The summed E-state index contributed by atoms with van der Waals surface area (Å²) in [6, 6.07) is 0. The molecule has 0 bridgehead atoms. The Morgan fingerprint density at radius 3 is 2.20 bits per heavy atom. The molecule has 0 aromatic heterocycles. The first-order valence-electron chi connectivity index (χ1n) is 17.9. The molecule has 0 aromatic rings. The Kier molecular flexibility index (Phi) is 7.98. The van der Waals surface area contributed by atoms with E-state index in [0.29, 0.717) is 32.4 Å². The monoisotopic (exact) mass is 638 g/mol. The van der Waals surface area contributed by atoms with Crippen molar-refractivity contribution in [1.82, 2.24) is 9.80 Å². The number of carboxylic acid groups (broad SMARTS) is 1. The molecule has 6 rings (SSSR count). The molecule has 5 aliphatic carbocycles. The summed E-state index contributed by atoms with van der Waals surface area (Å²) in [4.78, 5) is 57.5. The van der Waals surface area contributed by atoms with E-state index in [-0.39, 0.29) is 75.0 Å². The van der Waals surface area contributed by atoms with Crippen molar-refractivity contribution in [2.75, 3.05) is 39.8 Å². The molecule has 1 heterocycles. The summed E-state index contributed by atoms with van der Waals surface area (Å²) in [5.41, 5.74) is -0.586. The van der Waals surface area contributed by atoms with E-state index < -0.39 is 11.4 Å². The summed E-state index contributed by atoms with van der Waals surface area (Å²) in [6.07, 6.45) is 9.51. The number of esters is 1. The van der Waals surface area contributed by atoms with Crippen LogP contribution in [0.2, 0.25) is 0 Å². The zero-order chi connectivity index (χ0) is 33.7. The average molecular weight is 639 g/mol. The largest absolute Gasteiger partial charge is 0.481 e. The average Bonchev–Trinajstić information content (AvgIpc) is 2.97. The number of allylic oxidation sites excluding steroid dienone is 2. The lowest BCUT2D eigenvalue weighted by Gasteiger charge is -2.70. The van der Waals surface area contributed by atoms with Crippen LogP contribution in [0.5, 0.6) is 0 Å². The standard InChI is InChI=1S/C38H58N2O6/c1-33(2)24(31(43)46-23-29(42)40-19-17-39(8)18-20-40)9-11-36(5)28(33)10-12-38(7)30(36)27(41)21-25-26-22-35(4,32(44)45)14-13-34(26,3)15-16-37(25,38)6/h21,24,26,28,30H,9-20,22-23H2,1-8H3,(H,44,45)/t24-,26+,28+,30-,34-,35+,36+,37-,38-/m1/s1. The van der Waals surface area contributed by atoms with Crippen molar-refractivity contribution in [1.29, 1.82) is 0 Å². The fourth-order valence-corrected chi connectivity index (χ4v) is 12.2. The Bertz CT molecular complexity index is 1350. The topological polar surface area (TPSA) is 104 Å². The normalized spacial score (nSPS) is 45.3. The molecule has 256 valence electrons. The van der Waals surface area contributed by atoms with Crippen LogP contribution in [0, 0.1) is 56.2 Å². The quantitative estimate of drug-likeness (QED) is 0.378. The SMILES string of the molecule is CN1CCN(C(=O)COC(=O)[C@H]2CC[C@]3(C)[C@H]4C(=O)C=C5[C@@H]6C[C@@](C)(C(=O)O)CC[C@]6(C)CC[C@@]5(C)[C@]4(C)CC[C@H]3C2(C)C)CC1. The van der Waals surface area contributed by atoms with Gasteiger partial charge >= 0.3 is 11.9 Å². The van der Waals surface area contributed by atoms with Crippen molar-refractivity contribution in [3.05, 3.63) is 11.6 Å². The number of carbonyl (C=O) groups is 4. The predicted molar refractivity (Wildman–Crippen MR) is 176 cm³/mol. The Morgan fingerprint density at radius 2 is 1.54 bits per heavy atom. The molecule has 1 N–H and O–H groups in total. The van der Waals surface area contributed by atoms with Crippen molar-refractivity contribution in [2.45, 2.75) is 106 Å². The Morgan fingerprint density at radius 1 is 0.891 bits per heavy atom. The number of hydrogen-bond acceptors (Lipinski definition) is 6. The summed E-state index contributed by atoms with van der Waals surface area (Å²) in [7, 11) is 2.04. The van der Waals surface area contributed by atoms with Gasteiger partial charge in [0.25, 0.3) is 5.91 Å². The van der Waals surface area contributed by atoms with E-state index in [0.717, 1.165) is 51.6 Å². The molecule has 1 aliphatic heterocycles. The third kappa shape index (κ3) is 4.76. The molecule has 0 radical (unpaired) electrons. The predicted octanol–water partition coefficient (Wildman–Crippen LogP) is 5.99. The molecule has 4 saturated carbocycles. The molecular formula is C38H58N2O6. The van der Waals surface area contributed by atoms with Crippen LogP contribution in [0.4, 0.5) is 0 Å². The number of aliphatic carboxylic acids is 1. The molecule has 1 saturated heterocycles. The number of amides is 1. The third-order valence-electron chi connectivity index (χ3n) is 15.6. The maximum Gasteiger partial charge on any atom is 0.309 e. The molecular weight excluding hydrogens is 580 g/mol. The Hall–Kier alpha value is -2.22.